The highest BCUT2D eigenvalue weighted by atomic mass is 32.2. The molecule has 2 N–H and O–H groups in total. The second-order valence-corrected chi connectivity index (χ2v) is 6.29. The van der Waals surface area contributed by atoms with Gasteiger partial charge in [0.2, 0.25) is 10.0 Å². The van der Waals surface area contributed by atoms with Gasteiger partial charge in [0.1, 0.15) is 10.9 Å². The Kier molecular flexibility index (Phi) is 4.89. The van der Waals surface area contributed by atoms with Crippen molar-refractivity contribution in [1.29, 1.82) is 5.26 Å². The van der Waals surface area contributed by atoms with E-state index in [1.807, 2.05) is 6.07 Å². The molecule has 0 radical (unpaired) electrons. The Bertz CT molecular complexity index is 473. The fourth-order valence-corrected chi connectivity index (χ4v) is 2.44. The van der Waals surface area contributed by atoms with Crippen LogP contribution >= 0.6 is 11.3 Å². The second kappa shape index (κ2) is 5.96. The molecule has 0 fully saturated rings. The fraction of sp³-hybridized carbons (Fsp3) is 0.444. The van der Waals surface area contributed by atoms with E-state index in [2.05, 4.69) is 16.1 Å². The maximum absolute atomic E-state index is 11.1. The van der Waals surface area contributed by atoms with Gasteiger partial charge >= 0.3 is 0 Å². The maximum Gasteiger partial charge on any atom is 0.212 e. The van der Waals surface area contributed by atoms with Gasteiger partial charge in [-0.1, -0.05) is 0 Å². The van der Waals surface area contributed by atoms with Crippen molar-refractivity contribution in [2.24, 2.45) is 0 Å². The van der Waals surface area contributed by atoms with E-state index in [4.69, 9.17) is 5.26 Å². The van der Waals surface area contributed by atoms with Gasteiger partial charge < -0.3 is 5.32 Å². The number of rotatable bonds is 6. The summed E-state index contributed by atoms with van der Waals surface area (Å²) in [6, 6.07) is 5.68. The SMILES string of the molecule is CNS(=O)(=O)CCNCc1ccc(C#N)s1. The summed E-state index contributed by atoms with van der Waals surface area (Å²) < 4.78 is 24.4. The van der Waals surface area contributed by atoms with Gasteiger partial charge in [-0.25, -0.2) is 13.1 Å². The first-order valence-corrected chi connectivity index (χ1v) is 7.15. The van der Waals surface area contributed by atoms with Gasteiger partial charge in [0.15, 0.2) is 0 Å². The molecular weight excluding hydrogens is 246 g/mol. The molecule has 0 amide bonds. The summed E-state index contributed by atoms with van der Waals surface area (Å²) in [5.41, 5.74) is 0. The Morgan fingerprint density at radius 3 is 2.81 bits per heavy atom. The van der Waals surface area contributed by atoms with Gasteiger partial charge in [0.05, 0.1) is 5.75 Å². The summed E-state index contributed by atoms with van der Waals surface area (Å²) in [5, 5.41) is 11.6. The molecule has 7 heteroatoms. The van der Waals surface area contributed by atoms with Crippen molar-refractivity contribution >= 4 is 21.4 Å². The van der Waals surface area contributed by atoms with E-state index in [1.54, 1.807) is 6.07 Å². The third-order valence-electron chi connectivity index (χ3n) is 1.93. The molecule has 0 unspecified atom stereocenters. The molecule has 0 saturated heterocycles. The number of thiophene rings is 1. The van der Waals surface area contributed by atoms with Crippen LogP contribution in [0.2, 0.25) is 0 Å². The number of sulfonamides is 1. The minimum Gasteiger partial charge on any atom is -0.311 e. The number of hydrogen-bond donors (Lipinski definition) is 2. The molecule has 5 nitrogen and oxygen atoms in total. The van der Waals surface area contributed by atoms with Crippen LogP contribution in [0.5, 0.6) is 0 Å². The predicted octanol–water partition coefficient (Wildman–Crippen LogP) is 0.259. The zero-order chi connectivity index (χ0) is 12.0. The molecule has 0 saturated carbocycles. The molecule has 0 atom stereocenters. The van der Waals surface area contributed by atoms with Gasteiger partial charge in [-0.2, -0.15) is 5.26 Å². The van der Waals surface area contributed by atoms with Crippen molar-refractivity contribution in [1.82, 2.24) is 10.0 Å². The first-order chi connectivity index (χ1) is 7.57. The molecule has 0 aliphatic heterocycles. The van der Waals surface area contributed by atoms with E-state index in [-0.39, 0.29) is 5.75 Å². The Hall–Kier alpha value is -0.940. The van der Waals surface area contributed by atoms with Gasteiger partial charge in [-0.3, -0.25) is 0 Å². The highest BCUT2D eigenvalue weighted by Crippen LogP contribution is 2.14. The van der Waals surface area contributed by atoms with Crippen LogP contribution in [0.1, 0.15) is 9.75 Å². The van der Waals surface area contributed by atoms with E-state index in [1.165, 1.54) is 18.4 Å². The van der Waals surface area contributed by atoms with Crippen molar-refractivity contribution in [2.45, 2.75) is 6.54 Å². The van der Waals surface area contributed by atoms with E-state index in [9.17, 15) is 8.42 Å². The van der Waals surface area contributed by atoms with Crippen LogP contribution < -0.4 is 10.0 Å². The van der Waals surface area contributed by atoms with E-state index < -0.39 is 10.0 Å². The highest BCUT2D eigenvalue weighted by Gasteiger charge is 2.05. The number of hydrogen-bond acceptors (Lipinski definition) is 5. The zero-order valence-corrected chi connectivity index (χ0v) is 10.5. The molecule has 1 aromatic rings. The van der Waals surface area contributed by atoms with Gasteiger partial charge in [0.25, 0.3) is 0 Å². The van der Waals surface area contributed by atoms with Crippen LogP contribution in [0, 0.1) is 11.3 Å². The first kappa shape index (κ1) is 13.1. The average molecular weight is 259 g/mol. The molecule has 1 rings (SSSR count). The third-order valence-corrected chi connectivity index (χ3v) is 4.28. The maximum atomic E-state index is 11.1. The predicted molar refractivity (Wildman–Crippen MR) is 63.6 cm³/mol. The van der Waals surface area contributed by atoms with Crippen molar-refractivity contribution in [2.75, 3.05) is 19.3 Å². The normalized spacial score (nSPS) is 11.2. The molecule has 0 aliphatic carbocycles. The van der Waals surface area contributed by atoms with Crippen LogP contribution in [0.25, 0.3) is 0 Å². The van der Waals surface area contributed by atoms with Crippen LogP contribution in [-0.4, -0.2) is 27.8 Å². The van der Waals surface area contributed by atoms with Crippen molar-refractivity contribution in [3.05, 3.63) is 21.9 Å². The summed E-state index contributed by atoms with van der Waals surface area (Å²) in [5.74, 6) is 0.0555. The summed E-state index contributed by atoms with van der Waals surface area (Å²) in [7, 11) is -1.74. The fourth-order valence-electron chi connectivity index (χ4n) is 1.05. The lowest BCUT2D eigenvalue weighted by Gasteiger charge is -2.03. The van der Waals surface area contributed by atoms with Gasteiger partial charge in [0, 0.05) is 18.0 Å². The van der Waals surface area contributed by atoms with Gasteiger partial charge in [-0.05, 0) is 19.2 Å². The van der Waals surface area contributed by atoms with Crippen LogP contribution in [0.4, 0.5) is 0 Å². The lowest BCUT2D eigenvalue weighted by Crippen LogP contribution is -2.29. The second-order valence-electron chi connectivity index (χ2n) is 3.08. The molecule has 0 spiro atoms. The number of nitrogens with one attached hydrogen (secondary N) is 2. The van der Waals surface area contributed by atoms with E-state index >= 15 is 0 Å². The van der Waals surface area contributed by atoms with E-state index in [0.29, 0.717) is 18.0 Å². The standard InChI is InChI=1S/C9H13N3O2S2/c1-11-16(13,14)5-4-12-7-9-3-2-8(6-10)15-9/h2-3,11-12H,4-5,7H2,1H3. The van der Waals surface area contributed by atoms with Crippen LogP contribution in [0.3, 0.4) is 0 Å². The monoisotopic (exact) mass is 259 g/mol. The molecular formula is C9H13N3O2S2. The van der Waals surface area contributed by atoms with Crippen LogP contribution in [0.15, 0.2) is 12.1 Å². The number of nitriles is 1. The Balaban J connectivity index is 2.29. The molecule has 16 heavy (non-hydrogen) atoms. The average Bonchev–Trinajstić information content (AvgIpc) is 2.72. The minimum absolute atomic E-state index is 0.0555. The van der Waals surface area contributed by atoms with Crippen molar-refractivity contribution in [3.8, 4) is 6.07 Å². The van der Waals surface area contributed by atoms with Crippen molar-refractivity contribution in [3.63, 3.8) is 0 Å². The molecule has 0 aromatic carbocycles. The third kappa shape index (κ3) is 4.28. The van der Waals surface area contributed by atoms with Crippen molar-refractivity contribution < 1.29 is 8.42 Å². The first-order valence-electron chi connectivity index (χ1n) is 4.68. The van der Waals surface area contributed by atoms with E-state index in [0.717, 1.165) is 4.88 Å². The number of nitrogens with zero attached hydrogens (tertiary/aromatic N) is 1. The largest absolute Gasteiger partial charge is 0.311 e. The Labute approximate surface area is 99.1 Å². The molecule has 88 valence electrons. The Morgan fingerprint density at radius 2 is 2.25 bits per heavy atom. The zero-order valence-electron chi connectivity index (χ0n) is 8.86. The summed E-state index contributed by atoms with van der Waals surface area (Å²) in [4.78, 5) is 1.69. The summed E-state index contributed by atoms with van der Waals surface area (Å²) in [6.07, 6.45) is 0. The molecule has 1 aromatic heterocycles. The lowest BCUT2D eigenvalue weighted by atomic mass is 10.4. The molecule has 0 bridgehead atoms. The summed E-state index contributed by atoms with van der Waals surface area (Å²) >= 11 is 1.41. The smallest absolute Gasteiger partial charge is 0.212 e. The lowest BCUT2D eigenvalue weighted by molar-refractivity contribution is 0.583. The Morgan fingerprint density at radius 1 is 1.50 bits per heavy atom. The molecule has 1 heterocycles. The quantitative estimate of drug-likeness (QED) is 0.718. The van der Waals surface area contributed by atoms with Gasteiger partial charge in [-0.15, -0.1) is 11.3 Å². The molecule has 0 aliphatic rings. The minimum atomic E-state index is -3.13. The highest BCUT2D eigenvalue weighted by molar-refractivity contribution is 7.89. The topological polar surface area (TPSA) is 82.0 Å². The summed E-state index contributed by atoms with van der Waals surface area (Å²) in [6.45, 7) is 0.981. The van der Waals surface area contributed by atoms with Crippen LogP contribution in [-0.2, 0) is 16.6 Å².